The van der Waals surface area contributed by atoms with Crippen LogP contribution in [0.2, 0.25) is 0 Å². The van der Waals surface area contributed by atoms with Crippen LogP contribution in [0.5, 0.6) is 0 Å². The molecule has 7 heteroatoms. The zero-order chi connectivity index (χ0) is 15.3. The first-order valence-electron chi connectivity index (χ1n) is 6.63. The third-order valence-electron chi connectivity index (χ3n) is 3.14. The molecular weight excluding hydrogens is 260 g/mol. The van der Waals surface area contributed by atoms with E-state index in [-0.39, 0.29) is 12.0 Å². The fourth-order valence-electron chi connectivity index (χ4n) is 1.96. The average molecular weight is 282 g/mol. The van der Waals surface area contributed by atoms with Crippen molar-refractivity contribution in [3.8, 4) is 0 Å². The minimum Gasteiger partial charge on any atom is -0.479 e. The lowest BCUT2D eigenvalue weighted by Gasteiger charge is -2.22. The van der Waals surface area contributed by atoms with Gasteiger partial charge in [-0.15, -0.1) is 0 Å². The number of urea groups is 1. The van der Waals surface area contributed by atoms with E-state index in [4.69, 9.17) is 0 Å². The molecule has 1 heterocycles. The Morgan fingerprint density at radius 3 is 2.45 bits per heavy atom. The Morgan fingerprint density at radius 2 is 2.05 bits per heavy atom. The summed E-state index contributed by atoms with van der Waals surface area (Å²) in [7, 11) is 1.69. The van der Waals surface area contributed by atoms with Gasteiger partial charge in [0.15, 0.2) is 6.04 Å². The Hall–Kier alpha value is -2.05. The normalized spacial score (nSPS) is 13.8. The Morgan fingerprint density at radius 1 is 1.40 bits per heavy atom. The molecular formula is C13H22N4O3. The number of rotatable bonds is 6. The molecule has 0 aliphatic rings. The molecule has 0 aliphatic carbocycles. The maximum atomic E-state index is 11.9. The third kappa shape index (κ3) is 4.25. The largest absolute Gasteiger partial charge is 0.479 e. The molecule has 3 N–H and O–H groups in total. The second-order valence-electron chi connectivity index (χ2n) is 5.10. The number of aliphatic carboxylic acids is 1. The van der Waals surface area contributed by atoms with Crippen LogP contribution in [0.25, 0.3) is 0 Å². The number of carboxylic acids is 1. The Kier molecular flexibility index (Phi) is 5.54. The Bertz CT molecular complexity index is 470. The van der Waals surface area contributed by atoms with Gasteiger partial charge in [-0.25, -0.2) is 9.59 Å². The summed E-state index contributed by atoms with van der Waals surface area (Å²) >= 11 is 0. The maximum absolute atomic E-state index is 11.9. The van der Waals surface area contributed by atoms with Crippen LogP contribution in [-0.2, 0) is 11.8 Å². The summed E-state index contributed by atoms with van der Waals surface area (Å²) in [4.78, 5) is 23.2. The summed E-state index contributed by atoms with van der Waals surface area (Å²) in [6.07, 6.45) is 3.79. The van der Waals surface area contributed by atoms with Crippen LogP contribution in [0, 0.1) is 5.92 Å². The lowest BCUT2D eigenvalue weighted by atomic mass is 10.0. The standard InChI is InChI=1S/C13H22N4O3/c1-5-10(8(2)3)15-13(20)16-11(12(18)19)9-6-14-17(4)7-9/h6-8,10-11H,5H2,1-4H3,(H,18,19)(H2,15,16,20). The zero-order valence-electron chi connectivity index (χ0n) is 12.3. The number of hydrogen-bond donors (Lipinski definition) is 3. The Balaban J connectivity index is 2.72. The molecule has 0 fully saturated rings. The highest BCUT2D eigenvalue weighted by Crippen LogP contribution is 2.12. The van der Waals surface area contributed by atoms with E-state index in [1.807, 2.05) is 20.8 Å². The molecule has 2 amide bonds. The van der Waals surface area contributed by atoms with Crippen LogP contribution in [0.1, 0.15) is 38.8 Å². The van der Waals surface area contributed by atoms with Gasteiger partial charge in [0.25, 0.3) is 0 Å². The quantitative estimate of drug-likeness (QED) is 0.732. The summed E-state index contributed by atoms with van der Waals surface area (Å²) in [6, 6.07) is -1.58. The lowest BCUT2D eigenvalue weighted by Crippen LogP contribution is -2.46. The molecule has 112 valence electrons. The maximum Gasteiger partial charge on any atom is 0.331 e. The highest BCUT2D eigenvalue weighted by molar-refractivity contribution is 5.83. The topological polar surface area (TPSA) is 96.2 Å². The van der Waals surface area contributed by atoms with Gasteiger partial charge in [-0.05, 0) is 12.3 Å². The minimum absolute atomic E-state index is 0.0124. The second kappa shape index (κ2) is 6.93. The molecule has 0 saturated carbocycles. The van der Waals surface area contributed by atoms with E-state index in [1.54, 1.807) is 13.2 Å². The second-order valence-corrected chi connectivity index (χ2v) is 5.10. The van der Waals surface area contributed by atoms with Crippen molar-refractivity contribution < 1.29 is 14.7 Å². The summed E-state index contributed by atoms with van der Waals surface area (Å²) in [6.45, 7) is 5.98. The first-order valence-corrected chi connectivity index (χ1v) is 6.63. The van der Waals surface area contributed by atoms with Gasteiger partial charge in [-0.2, -0.15) is 5.10 Å². The fraction of sp³-hybridized carbons (Fsp3) is 0.615. The lowest BCUT2D eigenvalue weighted by molar-refractivity contribution is -0.139. The number of carbonyl (C=O) groups excluding carboxylic acids is 1. The first kappa shape index (κ1) is 16.0. The third-order valence-corrected chi connectivity index (χ3v) is 3.14. The zero-order valence-corrected chi connectivity index (χ0v) is 12.3. The summed E-state index contributed by atoms with van der Waals surface area (Å²) in [5, 5.41) is 18.4. The smallest absolute Gasteiger partial charge is 0.331 e. The highest BCUT2D eigenvalue weighted by atomic mass is 16.4. The molecule has 2 unspecified atom stereocenters. The van der Waals surface area contributed by atoms with Crippen LogP contribution in [0.3, 0.4) is 0 Å². The predicted molar refractivity (Wildman–Crippen MR) is 74.2 cm³/mol. The van der Waals surface area contributed by atoms with Crippen molar-refractivity contribution in [2.75, 3.05) is 0 Å². The number of aryl methyl sites for hydroxylation is 1. The molecule has 1 aromatic rings. The summed E-state index contributed by atoms with van der Waals surface area (Å²) in [5.41, 5.74) is 0.438. The Labute approximate surface area is 118 Å². The van der Waals surface area contributed by atoms with Crippen LogP contribution >= 0.6 is 0 Å². The molecule has 7 nitrogen and oxygen atoms in total. The fourth-order valence-corrected chi connectivity index (χ4v) is 1.96. The molecule has 0 bridgehead atoms. The van der Waals surface area contributed by atoms with Gasteiger partial charge in [0.1, 0.15) is 0 Å². The van der Waals surface area contributed by atoms with E-state index >= 15 is 0 Å². The number of amides is 2. The summed E-state index contributed by atoms with van der Waals surface area (Å²) in [5.74, 6) is -0.835. The SMILES string of the molecule is CCC(NC(=O)NC(C(=O)O)c1cnn(C)c1)C(C)C. The van der Waals surface area contributed by atoms with Gasteiger partial charge in [0, 0.05) is 24.8 Å². The molecule has 0 saturated heterocycles. The van der Waals surface area contributed by atoms with Gasteiger partial charge < -0.3 is 15.7 Å². The van der Waals surface area contributed by atoms with Crippen molar-refractivity contribution in [3.63, 3.8) is 0 Å². The number of nitrogens with zero attached hydrogens (tertiary/aromatic N) is 2. The van der Waals surface area contributed by atoms with Crippen LogP contribution in [0.15, 0.2) is 12.4 Å². The summed E-state index contributed by atoms with van der Waals surface area (Å²) < 4.78 is 1.49. The number of aromatic nitrogens is 2. The van der Waals surface area contributed by atoms with Crippen molar-refractivity contribution in [3.05, 3.63) is 18.0 Å². The van der Waals surface area contributed by atoms with E-state index < -0.39 is 18.0 Å². The van der Waals surface area contributed by atoms with Crippen molar-refractivity contribution in [1.82, 2.24) is 20.4 Å². The average Bonchev–Trinajstić information content (AvgIpc) is 2.78. The highest BCUT2D eigenvalue weighted by Gasteiger charge is 2.24. The van der Waals surface area contributed by atoms with E-state index in [0.29, 0.717) is 5.56 Å². The molecule has 0 radical (unpaired) electrons. The molecule has 1 rings (SSSR count). The van der Waals surface area contributed by atoms with Gasteiger partial charge >= 0.3 is 12.0 Å². The van der Waals surface area contributed by atoms with Gasteiger partial charge in [0.2, 0.25) is 0 Å². The first-order chi connectivity index (χ1) is 9.35. The molecule has 2 atom stereocenters. The number of carboxylic acid groups (broad SMARTS) is 1. The van der Waals surface area contributed by atoms with E-state index in [0.717, 1.165) is 6.42 Å². The van der Waals surface area contributed by atoms with E-state index in [2.05, 4.69) is 15.7 Å². The molecule has 1 aromatic heterocycles. The monoisotopic (exact) mass is 282 g/mol. The van der Waals surface area contributed by atoms with Crippen molar-refractivity contribution in [2.24, 2.45) is 13.0 Å². The number of nitrogens with one attached hydrogen (secondary N) is 2. The number of carbonyl (C=O) groups is 2. The van der Waals surface area contributed by atoms with Crippen LogP contribution in [0.4, 0.5) is 4.79 Å². The van der Waals surface area contributed by atoms with Gasteiger partial charge in [0.05, 0.1) is 6.20 Å². The molecule has 0 aromatic carbocycles. The van der Waals surface area contributed by atoms with Gasteiger partial charge in [-0.1, -0.05) is 20.8 Å². The minimum atomic E-state index is -1.12. The number of hydrogen-bond acceptors (Lipinski definition) is 3. The van der Waals surface area contributed by atoms with E-state index in [9.17, 15) is 14.7 Å². The van der Waals surface area contributed by atoms with Crippen LogP contribution < -0.4 is 10.6 Å². The van der Waals surface area contributed by atoms with E-state index in [1.165, 1.54) is 10.9 Å². The van der Waals surface area contributed by atoms with Gasteiger partial charge in [-0.3, -0.25) is 4.68 Å². The van der Waals surface area contributed by atoms with Crippen molar-refractivity contribution in [2.45, 2.75) is 39.3 Å². The predicted octanol–water partition coefficient (Wildman–Crippen LogP) is 1.28. The van der Waals surface area contributed by atoms with Crippen molar-refractivity contribution in [1.29, 1.82) is 0 Å². The van der Waals surface area contributed by atoms with Crippen molar-refractivity contribution >= 4 is 12.0 Å². The molecule has 0 spiro atoms. The molecule has 0 aliphatic heterocycles. The van der Waals surface area contributed by atoms with Crippen LogP contribution in [-0.4, -0.2) is 32.9 Å². The molecule has 20 heavy (non-hydrogen) atoms.